The predicted molar refractivity (Wildman–Crippen MR) is 69.5 cm³/mol. The van der Waals surface area contributed by atoms with E-state index in [1.165, 1.54) is 0 Å². The molecule has 0 spiro atoms. The lowest BCUT2D eigenvalue weighted by Gasteiger charge is -2.11. The number of hydrogen-bond acceptors (Lipinski definition) is 4. The summed E-state index contributed by atoms with van der Waals surface area (Å²) in [5, 5.41) is 0. The number of hydrogen-bond donors (Lipinski definition) is 0. The second-order valence-electron chi connectivity index (χ2n) is 4.29. The van der Waals surface area contributed by atoms with E-state index in [0.29, 0.717) is 30.1 Å². The van der Waals surface area contributed by atoms with Crippen LogP contribution in [0.15, 0.2) is 18.2 Å². The van der Waals surface area contributed by atoms with Gasteiger partial charge in [-0.2, -0.15) is 0 Å². The van der Waals surface area contributed by atoms with Crippen LogP contribution in [0.1, 0.15) is 23.7 Å². The van der Waals surface area contributed by atoms with E-state index in [0.717, 1.165) is 0 Å². The summed E-state index contributed by atoms with van der Waals surface area (Å²) in [6.07, 6.45) is 0.449. The fourth-order valence-electron chi connectivity index (χ4n) is 1.75. The van der Waals surface area contributed by atoms with E-state index in [9.17, 15) is 4.79 Å². The van der Waals surface area contributed by atoms with Gasteiger partial charge in [-0.1, -0.05) is 6.92 Å². The number of ketones is 1. The van der Waals surface area contributed by atoms with E-state index in [2.05, 4.69) is 0 Å². The molecule has 0 aliphatic carbocycles. The monoisotopic (exact) mass is 252 g/mol. The van der Waals surface area contributed by atoms with Gasteiger partial charge in [0.25, 0.3) is 0 Å². The Bertz CT molecular complexity index is 379. The molecule has 0 N–H and O–H groups in total. The number of ether oxygens (including phenoxy) is 3. The maximum atomic E-state index is 12.1. The van der Waals surface area contributed by atoms with Crippen LogP contribution >= 0.6 is 0 Å². The van der Waals surface area contributed by atoms with Crippen LogP contribution < -0.4 is 9.47 Å². The third kappa shape index (κ3) is 4.04. The highest BCUT2D eigenvalue weighted by Gasteiger charge is 2.13. The minimum absolute atomic E-state index is 0.0664. The lowest BCUT2D eigenvalue weighted by molar-refractivity contribution is 0.0919. The number of carbonyl (C=O) groups excluding carboxylic acids is 1. The van der Waals surface area contributed by atoms with Crippen LogP contribution in [0.3, 0.4) is 0 Å². The van der Waals surface area contributed by atoms with Gasteiger partial charge in [0.2, 0.25) is 0 Å². The fourth-order valence-corrected chi connectivity index (χ4v) is 1.75. The summed E-state index contributed by atoms with van der Waals surface area (Å²) in [7, 11) is 4.77. The van der Waals surface area contributed by atoms with Crippen LogP contribution in [0, 0.1) is 5.92 Å². The summed E-state index contributed by atoms with van der Waals surface area (Å²) < 4.78 is 15.3. The van der Waals surface area contributed by atoms with Gasteiger partial charge in [0.1, 0.15) is 11.5 Å². The first kappa shape index (κ1) is 14.5. The van der Waals surface area contributed by atoms with E-state index in [1.807, 2.05) is 6.92 Å². The molecule has 0 aliphatic heterocycles. The summed E-state index contributed by atoms with van der Waals surface area (Å²) >= 11 is 0. The van der Waals surface area contributed by atoms with Gasteiger partial charge in [-0.15, -0.1) is 0 Å². The van der Waals surface area contributed by atoms with Crippen molar-refractivity contribution in [3.05, 3.63) is 23.8 Å². The Labute approximate surface area is 108 Å². The van der Waals surface area contributed by atoms with Crippen LogP contribution in [0.25, 0.3) is 0 Å². The van der Waals surface area contributed by atoms with Gasteiger partial charge in [-0.05, 0) is 18.1 Å². The number of methoxy groups -OCH3 is 3. The zero-order valence-corrected chi connectivity index (χ0v) is 11.4. The molecule has 0 aromatic heterocycles. The van der Waals surface area contributed by atoms with Crippen LogP contribution in [0.2, 0.25) is 0 Å². The van der Waals surface area contributed by atoms with E-state index in [1.54, 1.807) is 39.5 Å². The molecule has 1 atom stereocenters. The molecular formula is C14H20O4. The topological polar surface area (TPSA) is 44.8 Å². The van der Waals surface area contributed by atoms with Crippen molar-refractivity contribution in [3.63, 3.8) is 0 Å². The largest absolute Gasteiger partial charge is 0.497 e. The second-order valence-corrected chi connectivity index (χ2v) is 4.29. The summed E-state index contributed by atoms with van der Waals surface area (Å²) in [6, 6.07) is 5.20. The summed E-state index contributed by atoms with van der Waals surface area (Å²) in [6.45, 7) is 2.56. The van der Waals surface area contributed by atoms with Crippen molar-refractivity contribution in [1.29, 1.82) is 0 Å². The van der Waals surface area contributed by atoms with Gasteiger partial charge < -0.3 is 14.2 Å². The SMILES string of the molecule is COCC(C)CC(=O)c1cc(OC)cc(OC)c1. The van der Waals surface area contributed by atoms with Crippen LogP contribution in [-0.4, -0.2) is 33.7 Å². The van der Waals surface area contributed by atoms with Crippen LogP contribution in [-0.2, 0) is 4.74 Å². The molecule has 4 nitrogen and oxygen atoms in total. The molecule has 0 heterocycles. The van der Waals surface area contributed by atoms with Crippen molar-refractivity contribution < 1.29 is 19.0 Å². The molecule has 0 amide bonds. The zero-order valence-electron chi connectivity index (χ0n) is 11.4. The molecule has 1 rings (SSSR count). The first-order valence-corrected chi connectivity index (χ1v) is 5.86. The van der Waals surface area contributed by atoms with Crippen LogP contribution in [0.5, 0.6) is 11.5 Å². The van der Waals surface area contributed by atoms with E-state index >= 15 is 0 Å². The van der Waals surface area contributed by atoms with Gasteiger partial charge in [0, 0.05) is 31.8 Å². The third-order valence-electron chi connectivity index (χ3n) is 2.66. The third-order valence-corrected chi connectivity index (χ3v) is 2.66. The standard InChI is InChI=1S/C14H20O4/c1-10(9-16-2)5-14(15)11-6-12(17-3)8-13(7-11)18-4/h6-8,10H,5,9H2,1-4H3. The predicted octanol–water partition coefficient (Wildman–Crippen LogP) is 2.56. The van der Waals surface area contributed by atoms with E-state index in [4.69, 9.17) is 14.2 Å². The molecule has 1 aromatic carbocycles. The lowest BCUT2D eigenvalue weighted by Crippen LogP contribution is -2.11. The number of Topliss-reactive ketones (excluding diaryl/α,β-unsaturated/α-hetero) is 1. The number of carbonyl (C=O) groups is 1. The van der Waals surface area contributed by atoms with Crippen molar-refractivity contribution in [3.8, 4) is 11.5 Å². The normalized spacial score (nSPS) is 12.0. The van der Waals surface area contributed by atoms with Crippen molar-refractivity contribution >= 4 is 5.78 Å². The molecule has 18 heavy (non-hydrogen) atoms. The molecule has 0 radical (unpaired) electrons. The molecule has 1 unspecified atom stereocenters. The van der Waals surface area contributed by atoms with Gasteiger partial charge in [0.05, 0.1) is 14.2 Å². The second kappa shape index (κ2) is 7.01. The molecule has 0 fully saturated rings. The van der Waals surface area contributed by atoms with Crippen molar-refractivity contribution in [1.82, 2.24) is 0 Å². The molecule has 1 aromatic rings. The van der Waals surface area contributed by atoms with Gasteiger partial charge in [-0.25, -0.2) is 0 Å². The number of rotatable bonds is 7. The Balaban J connectivity index is 2.84. The molecule has 0 bridgehead atoms. The minimum Gasteiger partial charge on any atom is -0.497 e. The highest BCUT2D eigenvalue weighted by molar-refractivity contribution is 5.97. The summed E-state index contributed by atoms with van der Waals surface area (Å²) in [4.78, 5) is 12.1. The van der Waals surface area contributed by atoms with Crippen molar-refractivity contribution in [2.75, 3.05) is 27.9 Å². The highest BCUT2D eigenvalue weighted by atomic mass is 16.5. The van der Waals surface area contributed by atoms with Crippen LogP contribution in [0.4, 0.5) is 0 Å². The maximum Gasteiger partial charge on any atom is 0.163 e. The fraction of sp³-hybridized carbons (Fsp3) is 0.500. The van der Waals surface area contributed by atoms with E-state index < -0.39 is 0 Å². The summed E-state index contributed by atoms with van der Waals surface area (Å²) in [5.74, 6) is 1.51. The lowest BCUT2D eigenvalue weighted by atomic mass is 10.00. The Morgan fingerprint density at radius 3 is 2.11 bits per heavy atom. The molecule has 100 valence electrons. The molecule has 0 aliphatic rings. The Morgan fingerprint density at radius 2 is 1.67 bits per heavy atom. The summed E-state index contributed by atoms with van der Waals surface area (Å²) in [5.41, 5.74) is 0.606. The number of benzene rings is 1. The average molecular weight is 252 g/mol. The van der Waals surface area contributed by atoms with Crippen molar-refractivity contribution in [2.24, 2.45) is 5.92 Å². The zero-order chi connectivity index (χ0) is 13.5. The Hall–Kier alpha value is -1.55. The van der Waals surface area contributed by atoms with E-state index in [-0.39, 0.29) is 11.7 Å². The molecule has 0 saturated carbocycles. The van der Waals surface area contributed by atoms with Gasteiger partial charge >= 0.3 is 0 Å². The van der Waals surface area contributed by atoms with Gasteiger partial charge in [-0.3, -0.25) is 4.79 Å². The van der Waals surface area contributed by atoms with Crippen molar-refractivity contribution in [2.45, 2.75) is 13.3 Å². The first-order valence-electron chi connectivity index (χ1n) is 5.86. The molecular weight excluding hydrogens is 232 g/mol. The average Bonchev–Trinajstić information content (AvgIpc) is 2.38. The van der Waals surface area contributed by atoms with Gasteiger partial charge in [0.15, 0.2) is 5.78 Å². The molecule has 4 heteroatoms. The Kier molecular flexibility index (Phi) is 5.65. The Morgan fingerprint density at radius 1 is 1.11 bits per heavy atom. The maximum absolute atomic E-state index is 12.1. The minimum atomic E-state index is 0.0664. The highest BCUT2D eigenvalue weighted by Crippen LogP contribution is 2.24. The quantitative estimate of drug-likeness (QED) is 0.700. The smallest absolute Gasteiger partial charge is 0.163 e. The molecule has 0 saturated heterocycles. The first-order chi connectivity index (χ1) is 8.60.